The van der Waals surface area contributed by atoms with Crippen molar-refractivity contribution in [1.29, 1.82) is 0 Å². The first-order chi connectivity index (χ1) is 9.24. The highest BCUT2D eigenvalue weighted by molar-refractivity contribution is 9.10. The SMILES string of the molecule is CC(N[C@H]1CCc2ccccc21)c1cccc(Br)c1. The van der Waals surface area contributed by atoms with E-state index >= 15 is 0 Å². The van der Waals surface area contributed by atoms with Crippen molar-refractivity contribution in [3.05, 3.63) is 69.7 Å². The second-order valence-corrected chi connectivity index (χ2v) is 6.15. The summed E-state index contributed by atoms with van der Waals surface area (Å²) in [4.78, 5) is 0. The first kappa shape index (κ1) is 12.9. The van der Waals surface area contributed by atoms with E-state index in [-0.39, 0.29) is 0 Å². The van der Waals surface area contributed by atoms with Crippen LogP contribution in [-0.2, 0) is 6.42 Å². The van der Waals surface area contributed by atoms with E-state index in [4.69, 9.17) is 0 Å². The van der Waals surface area contributed by atoms with E-state index < -0.39 is 0 Å². The Kier molecular flexibility index (Phi) is 3.72. The second kappa shape index (κ2) is 5.48. The Morgan fingerprint density at radius 1 is 1.16 bits per heavy atom. The van der Waals surface area contributed by atoms with Gasteiger partial charge in [-0.05, 0) is 48.6 Å². The zero-order chi connectivity index (χ0) is 13.2. The Morgan fingerprint density at radius 2 is 2.00 bits per heavy atom. The second-order valence-electron chi connectivity index (χ2n) is 5.23. The molecule has 0 heterocycles. The van der Waals surface area contributed by atoms with Gasteiger partial charge in [-0.25, -0.2) is 0 Å². The highest BCUT2D eigenvalue weighted by atomic mass is 79.9. The van der Waals surface area contributed by atoms with E-state index in [2.05, 4.69) is 76.7 Å². The number of rotatable bonds is 3. The third-order valence-corrected chi connectivity index (χ3v) is 4.43. The van der Waals surface area contributed by atoms with Crippen LogP contribution in [0.2, 0.25) is 0 Å². The summed E-state index contributed by atoms with van der Waals surface area (Å²) in [6.45, 7) is 2.24. The van der Waals surface area contributed by atoms with E-state index in [0.717, 1.165) is 4.47 Å². The summed E-state index contributed by atoms with van der Waals surface area (Å²) in [5.74, 6) is 0. The van der Waals surface area contributed by atoms with Crippen LogP contribution in [0.15, 0.2) is 53.0 Å². The first-order valence-electron chi connectivity index (χ1n) is 6.83. The Hall–Kier alpha value is -1.12. The normalized spacial score (nSPS) is 19.2. The van der Waals surface area contributed by atoms with Crippen LogP contribution < -0.4 is 5.32 Å². The Bertz CT molecular complexity index is 579. The lowest BCUT2D eigenvalue weighted by molar-refractivity contribution is 0.465. The van der Waals surface area contributed by atoms with Crippen molar-refractivity contribution in [3.63, 3.8) is 0 Å². The highest BCUT2D eigenvalue weighted by Crippen LogP contribution is 2.33. The maximum Gasteiger partial charge on any atom is 0.0331 e. The molecule has 2 aromatic rings. The molecule has 0 aromatic heterocycles. The molecule has 2 atom stereocenters. The molecule has 0 saturated carbocycles. The minimum Gasteiger partial charge on any atom is -0.303 e. The van der Waals surface area contributed by atoms with Gasteiger partial charge < -0.3 is 5.32 Å². The average Bonchev–Trinajstić information content (AvgIpc) is 2.82. The molecule has 0 radical (unpaired) electrons. The molecule has 19 heavy (non-hydrogen) atoms. The van der Waals surface area contributed by atoms with Crippen molar-refractivity contribution in [3.8, 4) is 0 Å². The molecule has 1 N–H and O–H groups in total. The van der Waals surface area contributed by atoms with Crippen molar-refractivity contribution in [1.82, 2.24) is 5.32 Å². The van der Waals surface area contributed by atoms with Gasteiger partial charge in [0.25, 0.3) is 0 Å². The van der Waals surface area contributed by atoms with Gasteiger partial charge in [0.1, 0.15) is 0 Å². The summed E-state index contributed by atoms with van der Waals surface area (Å²) in [6, 6.07) is 18.2. The van der Waals surface area contributed by atoms with Crippen LogP contribution >= 0.6 is 15.9 Å². The standard InChI is InChI=1S/C17H18BrN/c1-12(14-6-4-7-15(18)11-14)19-17-10-9-13-5-2-3-8-16(13)17/h2-8,11-12,17,19H,9-10H2,1H3/t12?,17-/m0/s1. The lowest BCUT2D eigenvalue weighted by atomic mass is 10.0. The monoisotopic (exact) mass is 315 g/mol. The molecule has 1 aliphatic rings. The van der Waals surface area contributed by atoms with Crippen LogP contribution in [0.3, 0.4) is 0 Å². The molecule has 0 bridgehead atoms. The van der Waals surface area contributed by atoms with Crippen LogP contribution in [0, 0.1) is 0 Å². The number of hydrogen-bond acceptors (Lipinski definition) is 1. The quantitative estimate of drug-likeness (QED) is 0.859. The topological polar surface area (TPSA) is 12.0 Å². The minimum absolute atomic E-state index is 0.369. The maximum atomic E-state index is 3.76. The van der Waals surface area contributed by atoms with Crippen molar-refractivity contribution in [2.24, 2.45) is 0 Å². The fourth-order valence-corrected chi connectivity index (χ4v) is 3.32. The lowest BCUT2D eigenvalue weighted by Gasteiger charge is -2.21. The molecule has 1 unspecified atom stereocenters. The molecular formula is C17H18BrN. The molecule has 1 aliphatic carbocycles. The molecule has 2 aromatic carbocycles. The van der Waals surface area contributed by atoms with Gasteiger partial charge in [0.05, 0.1) is 0 Å². The van der Waals surface area contributed by atoms with Crippen LogP contribution in [0.25, 0.3) is 0 Å². The van der Waals surface area contributed by atoms with Crippen LogP contribution in [0.4, 0.5) is 0 Å². The smallest absolute Gasteiger partial charge is 0.0331 e. The minimum atomic E-state index is 0.369. The zero-order valence-corrected chi connectivity index (χ0v) is 12.7. The van der Waals surface area contributed by atoms with Crippen molar-refractivity contribution < 1.29 is 0 Å². The zero-order valence-electron chi connectivity index (χ0n) is 11.1. The Balaban J connectivity index is 1.76. The van der Waals surface area contributed by atoms with E-state index in [1.807, 2.05) is 0 Å². The van der Waals surface area contributed by atoms with Gasteiger partial charge in [-0.1, -0.05) is 52.3 Å². The largest absolute Gasteiger partial charge is 0.303 e. The fraction of sp³-hybridized carbons (Fsp3) is 0.294. The predicted octanol–water partition coefficient (Wildman–Crippen LogP) is 4.79. The predicted molar refractivity (Wildman–Crippen MR) is 83.2 cm³/mol. The number of halogens is 1. The molecule has 2 heteroatoms. The van der Waals surface area contributed by atoms with Gasteiger partial charge in [0.2, 0.25) is 0 Å². The van der Waals surface area contributed by atoms with Crippen molar-refractivity contribution >= 4 is 15.9 Å². The summed E-state index contributed by atoms with van der Waals surface area (Å²) < 4.78 is 1.14. The summed E-state index contributed by atoms with van der Waals surface area (Å²) in [5, 5.41) is 3.76. The fourth-order valence-electron chi connectivity index (χ4n) is 2.90. The van der Waals surface area contributed by atoms with Gasteiger partial charge in [-0.3, -0.25) is 0 Å². The molecule has 0 saturated heterocycles. The van der Waals surface area contributed by atoms with E-state index in [1.165, 1.54) is 29.5 Å². The van der Waals surface area contributed by atoms with Gasteiger partial charge in [0.15, 0.2) is 0 Å². The number of hydrogen-bond donors (Lipinski definition) is 1. The molecule has 3 rings (SSSR count). The molecule has 1 nitrogen and oxygen atoms in total. The summed E-state index contributed by atoms with van der Waals surface area (Å²) in [7, 11) is 0. The van der Waals surface area contributed by atoms with E-state index in [9.17, 15) is 0 Å². The van der Waals surface area contributed by atoms with Crippen LogP contribution in [0.5, 0.6) is 0 Å². The average molecular weight is 316 g/mol. The highest BCUT2D eigenvalue weighted by Gasteiger charge is 2.23. The van der Waals surface area contributed by atoms with E-state index in [0.29, 0.717) is 12.1 Å². The number of benzene rings is 2. The number of nitrogens with one attached hydrogen (secondary N) is 1. The van der Waals surface area contributed by atoms with Gasteiger partial charge in [-0.15, -0.1) is 0 Å². The van der Waals surface area contributed by atoms with Gasteiger partial charge in [0, 0.05) is 16.6 Å². The lowest BCUT2D eigenvalue weighted by Crippen LogP contribution is -2.22. The Morgan fingerprint density at radius 3 is 2.84 bits per heavy atom. The maximum absolute atomic E-state index is 3.76. The van der Waals surface area contributed by atoms with E-state index in [1.54, 1.807) is 0 Å². The third kappa shape index (κ3) is 2.75. The molecular weight excluding hydrogens is 298 g/mol. The van der Waals surface area contributed by atoms with Crippen LogP contribution in [-0.4, -0.2) is 0 Å². The Labute approximate surface area is 123 Å². The summed E-state index contributed by atoms with van der Waals surface area (Å²) >= 11 is 3.54. The first-order valence-corrected chi connectivity index (χ1v) is 7.62. The van der Waals surface area contributed by atoms with Crippen LogP contribution in [0.1, 0.15) is 42.1 Å². The molecule has 0 amide bonds. The summed E-state index contributed by atoms with van der Waals surface area (Å²) in [5.41, 5.74) is 4.31. The number of fused-ring (bicyclic) bond motifs is 1. The van der Waals surface area contributed by atoms with Crippen molar-refractivity contribution in [2.75, 3.05) is 0 Å². The molecule has 0 spiro atoms. The van der Waals surface area contributed by atoms with Gasteiger partial charge in [-0.2, -0.15) is 0 Å². The molecule has 0 fully saturated rings. The molecule has 0 aliphatic heterocycles. The van der Waals surface area contributed by atoms with Crippen molar-refractivity contribution in [2.45, 2.75) is 31.8 Å². The van der Waals surface area contributed by atoms with Gasteiger partial charge >= 0.3 is 0 Å². The molecule has 98 valence electrons. The third-order valence-electron chi connectivity index (χ3n) is 3.93. The number of aryl methyl sites for hydroxylation is 1. The summed E-state index contributed by atoms with van der Waals surface area (Å²) in [6.07, 6.45) is 2.40.